The van der Waals surface area contributed by atoms with Crippen molar-refractivity contribution in [2.45, 2.75) is 25.8 Å². The Balaban J connectivity index is 1.82. The third kappa shape index (κ3) is 2.72. The molecule has 1 atom stereocenters. The molecule has 104 valence electrons. The van der Waals surface area contributed by atoms with E-state index >= 15 is 0 Å². The molecule has 0 saturated heterocycles. The minimum atomic E-state index is -0.484. The van der Waals surface area contributed by atoms with Gasteiger partial charge in [-0.05, 0) is 37.8 Å². The fourth-order valence-electron chi connectivity index (χ4n) is 2.23. The van der Waals surface area contributed by atoms with Crippen molar-refractivity contribution in [1.82, 2.24) is 10.3 Å². The van der Waals surface area contributed by atoms with Crippen molar-refractivity contribution in [3.63, 3.8) is 0 Å². The van der Waals surface area contributed by atoms with Crippen LogP contribution in [0.4, 0.5) is 4.39 Å². The maximum Gasteiger partial charge on any atom is 0.254 e. The van der Waals surface area contributed by atoms with E-state index in [4.69, 9.17) is 0 Å². The molecule has 1 aromatic heterocycles. The number of hydrogen-bond acceptors (Lipinski definition) is 3. The number of halogens is 1. The molecular weight excluding hydrogens is 275 g/mol. The lowest BCUT2D eigenvalue weighted by Gasteiger charge is -2.16. The number of nitrogens with zero attached hydrogens (tertiary/aromatic N) is 1. The molecule has 3 rings (SSSR count). The molecule has 0 spiro atoms. The number of rotatable bonds is 4. The summed E-state index contributed by atoms with van der Waals surface area (Å²) in [4.78, 5) is 16.6. The van der Waals surface area contributed by atoms with Crippen molar-refractivity contribution in [3.8, 4) is 0 Å². The van der Waals surface area contributed by atoms with Gasteiger partial charge in [0.1, 0.15) is 10.8 Å². The van der Waals surface area contributed by atoms with E-state index in [0.717, 1.165) is 23.4 Å². The van der Waals surface area contributed by atoms with Crippen LogP contribution in [0.5, 0.6) is 0 Å². The first-order chi connectivity index (χ1) is 9.65. The minimum absolute atomic E-state index is 0.0950. The van der Waals surface area contributed by atoms with Crippen LogP contribution in [0.3, 0.4) is 0 Å². The number of thiazole rings is 1. The molecule has 2 aromatic rings. The molecule has 0 aliphatic heterocycles. The standard InChI is InChI=1S/C15H15FN2OS/c1-9-2-5-12(16)11(8-9)14(19)18-13(10-3-4-10)15-17-6-7-20-15/h2,5-8,10,13H,3-4H2,1H3,(H,18,19)/t13-/m1/s1. The van der Waals surface area contributed by atoms with Gasteiger partial charge in [-0.25, -0.2) is 9.37 Å². The number of carbonyl (C=O) groups is 1. The van der Waals surface area contributed by atoms with E-state index in [1.165, 1.54) is 17.4 Å². The number of hydrogen-bond donors (Lipinski definition) is 1. The molecule has 3 nitrogen and oxygen atoms in total. The van der Waals surface area contributed by atoms with E-state index in [1.54, 1.807) is 18.3 Å². The fraction of sp³-hybridized carbons (Fsp3) is 0.333. The highest BCUT2D eigenvalue weighted by molar-refractivity contribution is 7.09. The average molecular weight is 290 g/mol. The van der Waals surface area contributed by atoms with Gasteiger partial charge in [0.05, 0.1) is 11.6 Å². The molecule has 0 unspecified atom stereocenters. The zero-order valence-corrected chi connectivity index (χ0v) is 11.9. The predicted octanol–water partition coefficient (Wildman–Crippen LogP) is 3.47. The Morgan fingerprint density at radius 2 is 2.30 bits per heavy atom. The van der Waals surface area contributed by atoms with Crippen molar-refractivity contribution in [2.24, 2.45) is 5.92 Å². The summed E-state index contributed by atoms with van der Waals surface area (Å²) in [5.41, 5.74) is 0.973. The van der Waals surface area contributed by atoms with Gasteiger partial charge in [-0.3, -0.25) is 4.79 Å². The van der Waals surface area contributed by atoms with Crippen LogP contribution < -0.4 is 5.32 Å². The summed E-state index contributed by atoms with van der Waals surface area (Å²) in [5.74, 6) is -0.418. The summed E-state index contributed by atoms with van der Waals surface area (Å²) in [7, 11) is 0. The average Bonchev–Trinajstić information content (AvgIpc) is 3.13. The lowest BCUT2D eigenvalue weighted by molar-refractivity contribution is 0.0927. The molecule has 1 heterocycles. The van der Waals surface area contributed by atoms with Crippen molar-refractivity contribution < 1.29 is 9.18 Å². The Morgan fingerprint density at radius 1 is 1.50 bits per heavy atom. The SMILES string of the molecule is Cc1ccc(F)c(C(=O)N[C@@H](c2nccs2)C2CC2)c1. The zero-order valence-electron chi connectivity index (χ0n) is 11.1. The summed E-state index contributed by atoms with van der Waals surface area (Å²) in [6.07, 6.45) is 3.90. The Hall–Kier alpha value is -1.75. The lowest BCUT2D eigenvalue weighted by atomic mass is 10.1. The van der Waals surface area contributed by atoms with Gasteiger partial charge in [-0.1, -0.05) is 11.6 Å². The molecule has 1 fully saturated rings. The van der Waals surface area contributed by atoms with Gasteiger partial charge >= 0.3 is 0 Å². The van der Waals surface area contributed by atoms with E-state index in [-0.39, 0.29) is 17.5 Å². The Labute approximate surface area is 120 Å². The number of carbonyl (C=O) groups excluding carboxylic acids is 1. The van der Waals surface area contributed by atoms with Gasteiger partial charge in [-0.2, -0.15) is 0 Å². The third-order valence-electron chi connectivity index (χ3n) is 3.46. The van der Waals surface area contributed by atoms with Gasteiger partial charge in [-0.15, -0.1) is 11.3 Å². The van der Waals surface area contributed by atoms with Gasteiger partial charge in [0.15, 0.2) is 0 Å². The van der Waals surface area contributed by atoms with E-state index in [0.29, 0.717) is 5.92 Å². The smallest absolute Gasteiger partial charge is 0.254 e. The highest BCUT2D eigenvalue weighted by atomic mass is 32.1. The summed E-state index contributed by atoms with van der Waals surface area (Å²) in [6, 6.07) is 4.48. The number of aryl methyl sites for hydroxylation is 1. The summed E-state index contributed by atoms with van der Waals surface area (Å²) in [6.45, 7) is 1.84. The van der Waals surface area contributed by atoms with Crippen molar-refractivity contribution in [1.29, 1.82) is 0 Å². The molecule has 1 aromatic carbocycles. The van der Waals surface area contributed by atoms with Gasteiger partial charge in [0, 0.05) is 11.6 Å². The van der Waals surface area contributed by atoms with Crippen LogP contribution in [0.15, 0.2) is 29.8 Å². The van der Waals surface area contributed by atoms with E-state index in [9.17, 15) is 9.18 Å². The molecule has 0 radical (unpaired) electrons. The number of amides is 1. The molecular formula is C15H15FN2OS. The monoisotopic (exact) mass is 290 g/mol. The molecule has 1 amide bonds. The third-order valence-corrected chi connectivity index (χ3v) is 4.32. The molecule has 1 aliphatic carbocycles. The lowest BCUT2D eigenvalue weighted by Crippen LogP contribution is -2.30. The summed E-state index contributed by atoms with van der Waals surface area (Å²) in [5, 5.41) is 5.72. The summed E-state index contributed by atoms with van der Waals surface area (Å²) < 4.78 is 13.8. The minimum Gasteiger partial charge on any atom is -0.342 e. The van der Waals surface area contributed by atoms with Crippen molar-refractivity contribution in [2.75, 3.05) is 0 Å². The van der Waals surface area contributed by atoms with Crippen LogP contribution in [0, 0.1) is 18.7 Å². The molecule has 0 bridgehead atoms. The molecule has 1 saturated carbocycles. The van der Waals surface area contributed by atoms with E-state index in [2.05, 4.69) is 10.3 Å². The van der Waals surface area contributed by atoms with Crippen LogP contribution in [0.1, 0.15) is 39.8 Å². The van der Waals surface area contributed by atoms with Crippen molar-refractivity contribution >= 4 is 17.2 Å². The quantitative estimate of drug-likeness (QED) is 0.936. The van der Waals surface area contributed by atoms with Crippen LogP contribution in [-0.4, -0.2) is 10.9 Å². The van der Waals surface area contributed by atoms with Gasteiger partial charge < -0.3 is 5.32 Å². The second kappa shape index (κ2) is 5.32. The first-order valence-corrected chi connectivity index (χ1v) is 7.49. The molecule has 1 N–H and O–H groups in total. The van der Waals surface area contributed by atoms with Crippen LogP contribution >= 0.6 is 11.3 Å². The Bertz CT molecular complexity index is 623. The van der Waals surface area contributed by atoms with Gasteiger partial charge in [0.25, 0.3) is 5.91 Å². The van der Waals surface area contributed by atoms with Crippen LogP contribution in [0.25, 0.3) is 0 Å². The topological polar surface area (TPSA) is 42.0 Å². The molecule has 5 heteroatoms. The van der Waals surface area contributed by atoms with Crippen LogP contribution in [0.2, 0.25) is 0 Å². The molecule has 1 aliphatic rings. The van der Waals surface area contributed by atoms with E-state index < -0.39 is 5.82 Å². The van der Waals surface area contributed by atoms with Gasteiger partial charge in [0.2, 0.25) is 0 Å². The second-order valence-corrected chi connectivity index (χ2v) is 6.07. The Morgan fingerprint density at radius 3 is 2.95 bits per heavy atom. The highest BCUT2D eigenvalue weighted by Gasteiger charge is 2.35. The highest BCUT2D eigenvalue weighted by Crippen LogP contribution is 2.41. The second-order valence-electron chi connectivity index (χ2n) is 5.14. The first-order valence-electron chi connectivity index (χ1n) is 6.61. The maximum absolute atomic E-state index is 13.8. The van der Waals surface area contributed by atoms with Crippen LogP contribution in [-0.2, 0) is 0 Å². The normalized spacial score (nSPS) is 15.9. The molecule has 20 heavy (non-hydrogen) atoms. The number of aromatic nitrogens is 1. The number of benzene rings is 1. The van der Waals surface area contributed by atoms with E-state index in [1.807, 2.05) is 12.3 Å². The van der Waals surface area contributed by atoms with Crippen molar-refractivity contribution in [3.05, 3.63) is 51.7 Å². The maximum atomic E-state index is 13.8. The largest absolute Gasteiger partial charge is 0.342 e. The summed E-state index contributed by atoms with van der Waals surface area (Å²) >= 11 is 1.52. The first kappa shape index (κ1) is 13.2. The predicted molar refractivity (Wildman–Crippen MR) is 76.2 cm³/mol. The number of nitrogens with one attached hydrogen (secondary N) is 1. The zero-order chi connectivity index (χ0) is 14.1. The fourth-order valence-corrected chi connectivity index (χ4v) is 3.01. The Kier molecular flexibility index (Phi) is 3.53.